The van der Waals surface area contributed by atoms with Crippen molar-refractivity contribution in [1.29, 1.82) is 0 Å². The van der Waals surface area contributed by atoms with E-state index in [9.17, 15) is 9.59 Å². The Kier molecular flexibility index (Phi) is 24.5. The predicted octanol–water partition coefficient (Wildman–Crippen LogP) is 11.9. The van der Waals surface area contributed by atoms with Gasteiger partial charge in [-0.05, 0) is 108 Å². The van der Waals surface area contributed by atoms with Crippen LogP contribution < -0.4 is 0 Å². The lowest BCUT2D eigenvalue weighted by Crippen LogP contribution is -2.19. The molecule has 3 nitrogen and oxygen atoms in total. The highest BCUT2D eigenvalue weighted by Gasteiger charge is 2.26. The molecule has 0 aromatic rings. The van der Waals surface area contributed by atoms with E-state index in [1.165, 1.54) is 61.7 Å². The van der Waals surface area contributed by atoms with Crippen LogP contribution in [0.5, 0.6) is 0 Å². The first kappa shape index (κ1) is 39.8. The Bertz CT molecular complexity index is 1050. The first-order chi connectivity index (χ1) is 20.6. The normalized spacial score (nSPS) is 16.4. The molecule has 1 aliphatic carbocycles. The van der Waals surface area contributed by atoms with Crippen LogP contribution in [0, 0.1) is 5.41 Å². The van der Waals surface area contributed by atoms with Gasteiger partial charge in [-0.25, -0.2) is 0 Å². The zero-order valence-corrected chi connectivity index (χ0v) is 28.1. The van der Waals surface area contributed by atoms with Gasteiger partial charge in [0, 0.05) is 6.42 Å². The van der Waals surface area contributed by atoms with Crippen LogP contribution in [0.3, 0.4) is 0 Å². The number of aliphatic carboxylic acids is 1. The molecule has 238 valence electrons. The number of carboxylic acid groups (broad SMARTS) is 1. The number of hydrogen-bond acceptors (Lipinski definition) is 2. The van der Waals surface area contributed by atoms with Crippen LogP contribution >= 0.6 is 0 Å². The third-order valence-electron chi connectivity index (χ3n) is 7.32. The van der Waals surface area contributed by atoms with Crippen molar-refractivity contribution in [3.8, 4) is 0 Å². The van der Waals surface area contributed by atoms with E-state index in [0.29, 0.717) is 0 Å². The van der Waals surface area contributed by atoms with Crippen molar-refractivity contribution in [2.45, 2.75) is 125 Å². The smallest absolute Gasteiger partial charge is 0.303 e. The van der Waals surface area contributed by atoms with Gasteiger partial charge >= 0.3 is 5.97 Å². The van der Waals surface area contributed by atoms with Gasteiger partial charge < -0.3 is 5.11 Å². The fourth-order valence-electron chi connectivity index (χ4n) is 4.73. The molecule has 0 spiro atoms. The van der Waals surface area contributed by atoms with E-state index in [4.69, 9.17) is 5.11 Å². The SMILES string of the molecule is CC1=C(/C=C/C(C)=C/C=C/C(C)=C/C=O)C(C)(C)CCC1.CCCCCC=CCC=CCC=CCC=CCCCC(=O)O. The van der Waals surface area contributed by atoms with E-state index in [0.717, 1.165) is 44.0 Å². The summed E-state index contributed by atoms with van der Waals surface area (Å²) in [6.45, 7) is 13.2. The summed E-state index contributed by atoms with van der Waals surface area (Å²) in [7, 11) is 0. The minimum Gasteiger partial charge on any atom is -0.481 e. The van der Waals surface area contributed by atoms with Gasteiger partial charge in [-0.2, -0.15) is 0 Å². The summed E-state index contributed by atoms with van der Waals surface area (Å²) in [5.41, 5.74) is 5.48. The summed E-state index contributed by atoms with van der Waals surface area (Å²) in [6.07, 6.45) is 44.0. The zero-order chi connectivity index (χ0) is 32.2. The average molecular weight is 589 g/mol. The summed E-state index contributed by atoms with van der Waals surface area (Å²) >= 11 is 0. The summed E-state index contributed by atoms with van der Waals surface area (Å²) in [5, 5.41) is 8.49. The van der Waals surface area contributed by atoms with Crippen LogP contribution in [0.15, 0.2) is 107 Å². The van der Waals surface area contributed by atoms with E-state index in [1.807, 2.05) is 19.1 Å². The maximum atomic E-state index is 10.3. The minimum absolute atomic E-state index is 0.262. The summed E-state index contributed by atoms with van der Waals surface area (Å²) in [5.74, 6) is -0.712. The van der Waals surface area contributed by atoms with Gasteiger partial charge in [0.15, 0.2) is 0 Å². The molecule has 0 aromatic heterocycles. The minimum atomic E-state index is -0.712. The number of carbonyl (C=O) groups excluding carboxylic acids is 1. The van der Waals surface area contributed by atoms with Gasteiger partial charge in [-0.15, -0.1) is 0 Å². The Morgan fingerprint density at radius 3 is 1.91 bits per heavy atom. The average Bonchev–Trinajstić information content (AvgIpc) is 2.94. The van der Waals surface area contributed by atoms with Crippen molar-refractivity contribution in [3.63, 3.8) is 0 Å². The van der Waals surface area contributed by atoms with Crippen LogP contribution in [0.2, 0.25) is 0 Å². The number of allylic oxidation sites excluding steroid dienone is 18. The number of aldehydes is 1. The second-order valence-corrected chi connectivity index (χ2v) is 12.0. The number of rotatable bonds is 19. The first-order valence-corrected chi connectivity index (χ1v) is 16.3. The van der Waals surface area contributed by atoms with Crippen molar-refractivity contribution in [3.05, 3.63) is 107 Å². The maximum absolute atomic E-state index is 10.3. The Morgan fingerprint density at radius 1 is 0.814 bits per heavy atom. The standard InChI is InChI=1S/C20H32O2.C20H28O/c1-2-3-4-5-6-7-8-9-10-11-12-13-14-15-16-17-18-19-20(21)22;1-16(8-6-9-17(2)13-15-21)11-12-19-18(3)10-7-14-20(19,4)5/h6-7,9-10,12-13,15-16H,2-5,8,11,14,17-19H2,1H3,(H,21,22);6,8-9,11-13,15H,7,10,14H2,1-5H3/b;9-6+,12-11+,16-8+,17-13+. The number of hydrogen-bond donors (Lipinski definition) is 1. The van der Waals surface area contributed by atoms with Crippen LogP contribution in [0.1, 0.15) is 125 Å². The van der Waals surface area contributed by atoms with Crippen molar-refractivity contribution >= 4 is 12.3 Å². The molecule has 1 aliphatic rings. The molecule has 0 fully saturated rings. The summed E-state index contributed by atoms with van der Waals surface area (Å²) < 4.78 is 0. The highest BCUT2D eigenvalue weighted by atomic mass is 16.4. The molecule has 0 aliphatic heterocycles. The highest BCUT2D eigenvalue weighted by Crippen LogP contribution is 2.40. The van der Waals surface area contributed by atoms with Crippen LogP contribution in [-0.2, 0) is 9.59 Å². The fourth-order valence-corrected chi connectivity index (χ4v) is 4.73. The molecular weight excluding hydrogens is 528 g/mol. The second kappa shape index (κ2) is 26.4. The third kappa shape index (κ3) is 24.0. The molecule has 0 aromatic carbocycles. The van der Waals surface area contributed by atoms with Gasteiger partial charge in [0.05, 0.1) is 0 Å². The van der Waals surface area contributed by atoms with Crippen molar-refractivity contribution in [2.75, 3.05) is 0 Å². The lowest BCUT2D eigenvalue weighted by atomic mass is 9.72. The van der Waals surface area contributed by atoms with E-state index in [-0.39, 0.29) is 11.8 Å². The monoisotopic (exact) mass is 588 g/mol. The molecular formula is C40H60O3. The third-order valence-corrected chi connectivity index (χ3v) is 7.32. The van der Waals surface area contributed by atoms with Crippen LogP contribution in [0.25, 0.3) is 0 Å². The maximum Gasteiger partial charge on any atom is 0.303 e. The molecule has 0 amide bonds. The summed E-state index contributed by atoms with van der Waals surface area (Å²) in [4.78, 5) is 20.7. The highest BCUT2D eigenvalue weighted by molar-refractivity contribution is 5.67. The van der Waals surface area contributed by atoms with E-state index >= 15 is 0 Å². The van der Waals surface area contributed by atoms with Gasteiger partial charge in [0.2, 0.25) is 0 Å². The van der Waals surface area contributed by atoms with Crippen molar-refractivity contribution in [2.24, 2.45) is 5.41 Å². The fraction of sp³-hybridized carbons (Fsp3) is 0.500. The van der Waals surface area contributed by atoms with Crippen LogP contribution in [-0.4, -0.2) is 17.4 Å². The number of carboxylic acids is 1. The van der Waals surface area contributed by atoms with Gasteiger partial charge in [0.25, 0.3) is 0 Å². The molecule has 0 atom stereocenters. The predicted molar refractivity (Wildman–Crippen MR) is 188 cm³/mol. The Balaban J connectivity index is 0.000000821. The molecule has 43 heavy (non-hydrogen) atoms. The Morgan fingerprint density at radius 2 is 1.37 bits per heavy atom. The Hall–Kier alpha value is -3.20. The molecule has 0 unspecified atom stereocenters. The number of unbranched alkanes of at least 4 members (excludes halogenated alkanes) is 4. The number of carbonyl (C=O) groups is 2. The van der Waals surface area contributed by atoms with Gasteiger partial charge in [-0.1, -0.05) is 124 Å². The molecule has 1 rings (SSSR count). The second-order valence-electron chi connectivity index (χ2n) is 12.0. The molecule has 0 bridgehead atoms. The van der Waals surface area contributed by atoms with Crippen LogP contribution in [0.4, 0.5) is 0 Å². The Labute approximate surface area is 264 Å². The topological polar surface area (TPSA) is 54.4 Å². The largest absolute Gasteiger partial charge is 0.481 e. The summed E-state index contributed by atoms with van der Waals surface area (Å²) in [6, 6.07) is 0. The molecule has 3 heteroatoms. The molecule has 0 saturated carbocycles. The van der Waals surface area contributed by atoms with Gasteiger partial charge in [0.1, 0.15) is 6.29 Å². The zero-order valence-electron chi connectivity index (χ0n) is 28.1. The molecule has 0 saturated heterocycles. The van der Waals surface area contributed by atoms with Crippen molar-refractivity contribution in [1.82, 2.24) is 0 Å². The van der Waals surface area contributed by atoms with E-state index in [1.54, 1.807) is 6.08 Å². The lowest BCUT2D eigenvalue weighted by molar-refractivity contribution is -0.137. The van der Waals surface area contributed by atoms with E-state index < -0.39 is 5.97 Å². The quantitative estimate of drug-likeness (QED) is 0.0537. The van der Waals surface area contributed by atoms with Gasteiger partial charge in [-0.3, -0.25) is 9.59 Å². The lowest BCUT2D eigenvalue weighted by Gasteiger charge is -2.32. The first-order valence-electron chi connectivity index (χ1n) is 16.3. The van der Waals surface area contributed by atoms with Crippen molar-refractivity contribution < 1.29 is 14.7 Å². The van der Waals surface area contributed by atoms with E-state index in [2.05, 4.69) is 101 Å². The molecule has 0 radical (unpaired) electrons. The molecule has 0 heterocycles. The molecule has 1 N–H and O–H groups in total.